The second kappa shape index (κ2) is 10.3. The molecule has 3 heterocycles. The highest BCUT2D eigenvalue weighted by molar-refractivity contribution is 7.93. The number of fused-ring (bicyclic) bond motifs is 1. The topological polar surface area (TPSA) is 118 Å². The average Bonchev–Trinajstić information content (AvgIpc) is 2.93. The third-order valence-corrected chi connectivity index (χ3v) is 9.60. The number of carbonyl (C=O) groups is 4. The van der Waals surface area contributed by atoms with Gasteiger partial charge in [-0.25, -0.2) is 8.42 Å². The van der Waals surface area contributed by atoms with E-state index >= 15 is 0 Å². The van der Waals surface area contributed by atoms with Crippen molar-refractivity contribution in [3.05, 3.63) is 64.1 Å². The molecular weight excluding hydrogens is 527 g/mol. The zero-order chi connectivity index (χ0) is 26.1. The van der Waals surface area contributed by atoms with Crippen molar-refractivity contribution in [3.8, 4) is 0 Å². The zero-order valence-electron chi connectivity index (χ0n) is 19.2. The van der Waals surface area contributed by atoms with Crippen LogP contribution in [0.4, 0.5) is 0 Å². The third-order valence-electron chi connectivity index (χ3n) is 6.64. The van der Waals surface area contributed by atoms with Crippen LogP contribution >= 0.6 is 23.2 Å². The number of halogens is 2. The van der Waals surface area contributed by atoms with E-state index in [4.69, 9.17) is 23.2 Å². The summed E-state index contributed by atoms with van der Waals surface area (Å²) in [6.45, 7) is 0.605. The monoisotopic (exact) mass is 550 g/mol. The van der Waals surface area contributed by atoms with Gasteiger partial charge in [-0.1, -0.05) is 41.4 Å². The van der Waals surface area contributed by atoms with Crippen molar-refractivity contribution in [3.63, 3.8) is 0 Å². The predicted molar refractivity (Wildman–Crippen MR) is 133 cm³/mol. The number of sulfone groups is 1. The summed E-state index contributed by atoms with van der Waals surface area (Å²) in [4.78, 5) is 45.9. The van der Waals surface area contributed by atoms with Crippen molar-refractivity contribution in [2.24, 2.45) is 5.92 Å². The van der Waals surface area contributed by atoms with Crippen LogP contribution in [0.5, 0.6) is 0 Å². The van der Waals surface area contributed by atoms with Gasteiger partial charge in [-0.15, -0.1) is 0 Å². The van der Waals surface area contributed by atoms with E-state index in [9.17, 15) is 27.6 Å². The number of hydrogen-bond acceptors (Lipinski definition) is 6. The summed E-state index contributed by atoms with van der Waals surface area (Å²) in [5, 5.41) is 3.52. The minimum Gasteiger partial charge on any atom is -0.356 e. The molecule has 2 atom stereocenters. The Morgan fingerprint density at radius 3 is 2.31 bits per heavy atom. The van der Waals surface area contributed by atoms with E-state index in [1.54, 1.807) is 24.3 Å². The molecule has 190 valence electrons. The van der Waals surface area contributed by atoms with Crippen molar-refractivity contribution >= 4 is 56.4 Å². The number of nitrogens with zero attached hydrogens (tertiary/aromatic N) is 1. The Balaban J connectivity index is 0.000000286. The summed E-state index contributed by atoms with van der Waals surface area (Å²) in [5.74, 6) is -1.20. The molecule has 2 amide bonds. The van der Waals surface area contributed by atoms with Gasteiger partial charge in [-0.3, -0.25) is 19.2 Å². The molecule has 0 radical (unpaired) electrons. The summed E-state index contributed by atoms with van der Waals surface area (Å²) in [7, 11) is -4.07. The fraction of sp³-hybridized carbons (Fsp3) is 0.360. The van der Waals surface area contributed by atoms with Crippen LogP contribution in [-0.4, -0.2) is 54.7 Å². The van der Waals surface area contributed by atoms with Crippen LogP contribution in [0.3, 0.4) is 0 Å². The Hall–Kier alpha value is -2.75. The molecule has 3 saturated heterocycles. The minimum atomic E-state index is -4.07. The molecule has 11 heteroatoms. The van der Waals surface area contributed by atoms with Crippen LogP contribution in [0.15, 0.2) is 53.4 Å². The van der Waals surface area contributed by atoms with E-state index < -0.39 is 26.4 Å². The molecule has 3 fully saturated rings. The van der Waals surface area contributed by atoms with Crippen LogP contribution in [0.2, 0.25) is 10.0 Å². The van der Waals surface area contributed by atoms with Crippen LogP contribution in [-0.2, 0) is 35.4 Å². The lowest BCUT2D eigenvalue weighted by Gasteiger charge is -2.44. The number of rotatable bonds is 4. The number of hydrogen-bond donors (Lipinski definition) is 1. The van der Waals surface area contributed by atoms with Crippen LogP contribution in [0, 0.1) is 5.92 Å². The molecule has 2 aromatic rings. The van der Waals surface area contributed by atoms with Gasteiger partial charge in [0.2, 0.25) is 26.5 Å². The van der Waals surface area contributed by atoms with Gasteiger partial charge in [-0.05, 0) is 42.3 Å². The second-order valence-corrected chi connectivity index (χ2v) is 11.9. The fourth-order valence-electron chi connectivity index (χ4n) is 4.67. The molecule has 5 rings (SSSR count). The molecule has 3 aliphatic heterocycles. The maximum atomic E-state index is 13.3. The van der Waals surface area contributed by atoms with Gasteiger partial charge in [0, 0.05) is 48.3 Å². The highest BCUT2D eigenvalue weighted by atomic mass is 35.5. The number of β-lactam (4-membered cyclic amide) rings is 1. The maximum Gasteiger partial charge on any atom is 0.228 e. The van der Waals surface area contributed by atoms with Gasteiger partial charge in [0.05, 0.1) is 11.3 Å². The molecular formula is C25H24Cl2N2O6S. The summed E-state index contributed by atoms with van der Waals surface area (Å²) in [5.41, 5.74) is 0.756. The van der Waals surface area contributed by atoms with E-state index in [0.29, 0.717) is 42.3 Å². The smallest absolute Gasteiger partial charge is 0.228 e. The molecule has 0 aliphatic carbocycles. The quantitative estimate of drug-likeness (QED) is 0.584. The fourth-order valence-corrected chi connectivity index (χ4v) is 7.11. The van der Waals surface area contributed by atoms with E-state index in [1.165, 1.54) is 29.2 Å². The first-order chi connectivity index (χ1) is 17.1. The molecule has 0 saturated carbocycles. The minimum absolute atomic E-state index is 0.000787. The third kappa shape index (κ3) is 4.79. The number of benzene rings is 2. The van der Waals surface area contributed by atoms with Crippen molar-refractivity contribution in [1.82, 2.24) is 10.2 Å². The normalized spacial score (nSPS) is 23.7. The van der Waals surface area contributed by atoms with Crippen LogP contribution < -0.4 is 5.32 Å². The van der Waals surface area contributed by atoms with Gasteiger partial charge >= 0.3 is 0 Å². The van der Waals surface area contributed by atoms with Gasteiger partial charge in [0.1, 0.15) is 5.78 Å². The van der Waals surface area contributed by atoms with Crippen molar-refractivity contribution in [2.45, 2.75) is 41.9 Å². The number of carbonyl (C=O) groups excluding carboxylic acids is 4. The molecule has 36 heavy (non-hydrogen) atoms. The molecule has 1 N–H and O–H groups in total. The summed E-state index contributed by atoms with van der Waals surface area (Å²) in [6.07, 6.45) is 1.27. The van der Waals surface area contributed by atoms with Crippen molar-refractivity contribution in [2.75, 3.05) is 13.1 Å². The Labute approximate surface area is 218 Å². The van der Waals surface area contributed by atoms with Crippen LogP contribution in [0.25, 0.3) is 0 Å². The number of ketones is 2. The summed E-state index contributed by atoms with van der Waals surface area (Å²) < 4.78 is 26.5. The lowest BCUT2D eigenvalue weighted by atomic mass is 9.93. The van der Waals surface area contributed by atoms with E-state index in [-0.39, 0.29) is 35.5 Å². The van der Waals surface area contributed by atoms with Crippen LogP contribution in [0.1, 0.15) is 31.2 Å². The average molecular weight is 551 g/mol. The molecule has 8 nitrogen and oxygen atoms in total. The standard InChI is InChI=1S/C19H15Cl2NO4S.C6H9NO2/c20-14-5-7-15(8-6-14)27(25,26)19-10-17(23)22(19)11-13(18(19)24)9-12-3-1-2-4-16(12)21;8-5-1-2-6(9)7-4-3-5/h1-8,13H,9-11H2;1-4H2,(H,7,9). The molecule has 0 spiro atoms. The maximum absolute atomic E-state index is 13.3. The number of nitrogens with one attached hydrogen (secondary N) is 1. The van der Waals surface area contributed by atoms with E-state index in [0.717, 1.165) is 5.56 Å². The van der Waals surface area contributed by atoms with Gasteiger partial charge in [0.15, 0.2) is 5.78 Å². The van der Waals surface area contributed by atoms with Gasteiger partial charge < -0.3 is 10.2 Å². The zero-order valence-corrected chi connectivity index (χ0v) is 21.5. The highest BCUT2D eigenvalue weighted by Crippen LogP contribution is 2.48. The molecule has 0 bridgehead atoms. The van der Waals surface area contributed by atoms with E-state index in [1.807, 2.05) is 0 Å². The predicted octanol–water partition coefficient (Wildman–Crippen LogP) is 2.99. The second-order valence-electron chi connectivity index (χ2n) is 8.92. The Bertz CT molecular complexity index is 1310. The number of Topliss-reactive ketones (excluding diaryl/α,β-unsaturated/α-hetero) is 2. The lowest BCUT2D eigenvalue weighted by Crippen LogP contribution is -2.67. The highest BCUT2D eigenvalue weighted by Gasteiger charge is 2.70. The molecule has 2 unspecified atom stereocenters. The molecule has 0 aromatic heterocycles. The summed E-state index contributed by atoms with van der Waals surface area (Å²) >= 11 is 12.0. The van der Waals surface area contributed by atoms with Gasteiger partial charge in [-0.2, -0.15) is 0 Å². The first-order valence-corrected chi connectivity index (χ1v) is 13.7. The first-order valence-electron chi connectivity index (χ1n) is 11.4. The summed E-state index contributed by atoms with van der Waals surface area (Å²) in [6, 6.07) is 12.7. The first kappa shape index (κ1) is 26.3. The lowest BCUT2D eigenvalue weighted by molar-refractivity contribution is -0.150. The Kier molecular flexibility index (Phi) is 7.54. The molecule has 3 aliphatic rings. The SMILES string of the molecule is O=C1CC2(S(=O)(=O)c3ccc(Cl)cc3)C(=O)C(Cc3ccccc3Cl)CN12.O=C1CCNC(=O)CC1. The Morgan fingerprint density at radius 2 is 1.64 bits per heavy atom. The van der Waals surface area contributed by atoms with Crippen molar-refractivity contribution < 1.29 is 27.6 Å². The number of amides is 2. The van der Waals surface area contributed by atoms with Gasteiger partial charge in [0.25, 0.3) is 0 Å². The largest absolute Gasteiger partial charge is 0.356 e. The Morgan fingerprint density at radius 1 is 0.944 bits per heavy atom. The van der Waals surface area contributed by atoms with Crippen molar-refractivity contribution in [1.29, 1.82) is 0 Å². The molecule has 2 aromatic carbocycles. The van der Waals surface area contributed by atoms with E-state index in [2.05, 4.69) is 5.32 Å².